The molecule has 0 saturated heterocycles. The van der Waals surface area contributed by atoms with Gasteiger partial charge in [-0.2, -0.15) is 0 Å². The zero-order valence-electron chi connectivity index (χ0n) is 10.6. The summed E-state index contributed by atoms with van der Waals surface area (Å²) < 4.78 is 2.31. The van der Waals surface area contributed by atoms with Crippen LogP contribution >= 0.6 is 0 Å². The fraction of sp³-hybridized carbons (Fsp3) is 0.769. The van der Waals surface area contributed by atoms with Gasteiger partial charge in [0.05, 0.1) is 6.04 Å². The first kappa shape index (κ1) is 11.6. The van der Waals surface area contributed by atoms with Crippen LogP contribution in [-0.4, -0.2) is 15.6 Å². The highest BCUT2D eigenvalue weighted by Crippen LogP contribution is 2.33. The van der Waals surface area contributed by atoms with Crippen LogP contribution in [0.5, 0.6) is 0 Å². The molecule has 0 spiro atoms. The van der Waals surface area contributed by atoms with Crippen molar-refractivity contribution in [2.75, 3.05) is 0 Å². The van der Waals surface area contributed by atoms with E-state index in [2.05, 4.69) is 36.5 Å². The van der Waals surface area contributed by atoms with Crippen LogP contribution in [0.25, 0.3) is 0 Å². The molecule has 0 aromatic carbocycles. The highest BCUT2D eigenvalue weighted by atomic mass is 15.1. The molecule has 2 N–H and O–H groups in total. The molecule has 3 nitrogen and oxygen atoms in total. The molecule has 0 aliphatic heterocycles. The summed E-state index contributed by atoms with van der Waals surface area (Å²) >= 11 is 0. The quantitative estimate of drug-likeness (QED) is 0.834. The second-order valence-electron chi connectivity index (χ2n) is 5.50. The fourth-order valence-corrected chi connectivity index (χ4v) is 2.75. The molecule has 2 rings (SSSR count). The summed E-state index contributed by atoms with van der Waals surface area (Å²) in [5.41, 5.74) is 6.25. The maximum atomic E-state index is 6.25. The Morgan fingerprint density at radius 1 is 1.44 bits per heavy atom. The summed E-state index contributed by atoms with van der Waals surface area (Å²) in [6, 6.07) is 0.742. The topological polar surface area (TPSA) is 43.8 Å². The number of nitrogens with zero attached hydrogens (tertiary/aromatic N) is 2. The lowest BCUT2D eigenvalue weighted by Gasteiger charge is -2.34. The van der Waals surface area contributed by atoms with Crippen molar-refractivity contribution >= 4 is 0 Å². The summed E-state index contributed by atoms with van der Waals surface area (Å²) in [4.78, 5) is 4.46. The van der Waals surface area contributed by atoms with Crippen molar-refractivity contribution in [2.24, 2.45) is 11.7 Å². The van der Waals surface area contributed by atoms with Crippen LogP contribution in [0.15, 0.2) is 12.4 Å². The molecule has 1 saturated carbocycles. The molecule has 1 heterocycles. The predicted molar refractivity (Wildman–Crippen MR) is 66.3 cm³/mol. The smallest absolute Gasteiger partial charge is 0.111 e. The number of aromatic nitrogens is 2. The van der Waals surface area contributed by atoms with E-state index < -0.39 is 0 Å². The lowest BCUT2D eigenvalue weighted by molar-refractivity contribution is 0.242. The number of hydrogen-bond acceptors (Lipinski definition) is 2. The molecule has 3 atom stereocenters. The first-order chi connectivity index (χ1) is 7.59. The van der Waals surface area contributed by atoms with E-state index in [0.29, 0.717) is 18.0 Å². The van der Waals surface area contributed by atoms with Gasteiger partial charge in [-0.1, -0.05) is 20.8 Å². The van der Waals surface area contributed by atoms with E-state index in [1.54, 1.807) is 0 Å². The number of rotatable bonds is 2. The second-order valence-corrected chi connectivity index (χ2v) is 5.50. The largest absolute Gasteiger partial charge is 0.330 e. The molecule has 0 amide bonds. The standard InChI is InChI=1S/C13H23N3/c1-9(2)13-15-6-7-16(13)12-8-10(3)4-5-11(12)14/h6-7,9-12H,4-5,8,14H2,1-3H3. The summed E-state index contributed by atoms with van der Waals surface area (Å²) in [6.45, 7) is 6.71. The second kappa shape index (κ2) is 4.58. The van der Waals surface area contributed by atoms with Crippen LogP contribution in [0.1, 0.15) is 57.8 Å². The van der Waals surface area contributed by atoms with Crippen LogP contribution in [0.3, 0.4) is 0 Å². The van der Waals surface area contributed by atoms with Crippen molar-refractivity contribution < 1.29 is 0 Å². The summed E-state index contributed by atoms with van der Waals surface area (Å²) in [6.07, 6.45) is 7.60. The van der Waals surface area contributed by atoms with E-state index in [4.69, 9.17) is 5.73 Å². The first-order valence-electron chi connectivity index (χ1n) is 6.38. The Morgan fingerprint density at radius 3 is 2.88 bits per heavy atom. The SMILES string of the molecule is CC1CCC(N)C(n2ccnc2C(C)C)C1. The Hall–Kier alpha value is -0.830. The van der Waals surface area contributed by atoms with E-state index in [1.165, 1.54) is 18.7 Å². The van der Waals surface area contributed by atoms with Crippen LogP contribution in [0, 0.1) is 5.92 Å². The third-order valence-electron chi connectivity index (χ3n) is 3.70. The molecule has 3 heteroatoms. The lowest BCUT2D eigenvalue weighted by Crippen LogP contribution is -2.37. The Bertz CT molecular complexity index is 343. The third kappa shape index (κ3) is 2.14. The van der Waals surface area contributed by atoms with E-state index in [-0.39, 0.29) is 0 Å². The van der Waals surface area contributed by atoms with Gasteiger partial charge in [0, 0.05) is 24.4 Å². The molecular weight excluding hydrogens is 198 g/mol. The minimum Gasteiger partial charge on any atom is -0.330 e. The van der Waals surface area contributed by atoms with Gasteiger partial charge in [-0.15, -0.1) is 0 Å². The van der Waals surface area contributed by atoms with Gasteiger partial charge in [-0.05, 0) is 25.2 Å². The predicted octanol–water partition coefficient (Wildman–Crippen LogP) is 2.69. The van der Waals surface area contributed by atoms with Crippen molar-refractivity contribution in [2.45, 2.75) is 58.0 Å². The normalized spacial score (nSPS) is 30.9. The number of hydrogen-bond donors (Lipinski definition) is 1. The summed E-state index contributed by atoms with van der Waals surface area (Å²) in [5, 5.41) is 0. The van der Waals surface area contributed by atoms with E-state index in [1.807, 2.05) is 6.20 Å². The van der Waals surface area contributed by atoms with Gasteiger partial charge in [-0.3, -0.25) is 0 Å². The Kier molecular flexibility index (Phi) is 3.33. The maximum absolute atomic E-state index is 6.25. The molecule has 3 unspecified atom stereocenters. The van der Waals surface area contributed by atoms with Gasteiger partial charge >= 0.3 is 0 Å². The van der Waals surface area contributed by atoms with Gasteiger partial charge in [0.25, 0.3) is 0 Å². The van der Waals surface area contributed by atoms with Gasteiger partial charge in [0.2, 0.25) is 0 Å². The van der Waals surface area contributed by atoms with E-state index in [0.717, 1.165) is 12.3 Å². The lowest BCUT2D eigenvalue weighted by atomic mass is 9.83. The molecule has 0 bridgehead atoms. The highest BCUT2D eigenvalue weighted by Gasteiger charge is 2.28. The zero-order valence-corrected chi connectivity index (χ0v) is 10.6. The van der Waals surface area contributed by atoms with Crippen molar-refractivity contribution in [1.29, 1.82) is 0 Å². The highest BCUT2D eigenvalue weighted by molar-refractivity contribution is 5.02. The van der Waals surface area contributed by atoms with Crippen molar-refractivity contribution in [3.05, 3.63) is 18.2 Å². The molecule has 1 aliphatic carbocycles. The minimum absolute atomic E-state index is 0.294. The monoisotopic (exact) mass is 221 g/mol. The Balaban J connectivity index is 2.24. The molecule has 0 radical (unpaired) electrons. The molecular formula is C13H23N3. The van der Waals surface area contributed by atoms with Crippen molar-refractivity contribution in [3.63, 3.8) is 0 Å². The van der Waals surface area contributed by atoms with Crippen LogP contribution in [-0.2, 0) is 0 Å². The van der Waals surface area contributed by atoms with Gasteiger partial charge < -0.3 is 10.3 Å². The number of nitrogens with two attached hydrogens (primary N) is 1. The fourth-order valence-electron chi connectivity index (χ4n) is 2.75. The molecule has 1 aromatic heterocycles. The minimum atomic E-state index is 0.294. The molecule has 1 fully saturated rings. The number of imidazole rings is 1. The third-order valence-corrected chi connectivity index (χ3v) is 3.70. The van der Waals surface area contributed by atoms with Gasteiger partial charge in [0.1, 0.15) is 5.82 Å². The maximum Gasteiger partial charge on any atom is 0.111 e. The van der Waals surface area contributed by atoms with Crippen molar-refractivity contribution in [1.82, 2.24) is 9.55 Å². The Labute approximate surface area is 98.1 Å². The van der Waals surface area contributed by atoms with Crippen LogP contribution in [0.4, 0.5) is 0 Å². The van der Waals surface area contributed by atoms with E-state index >= 15 is 0 Å². The molecule has 16 heavy (non-hydrogen) atoms. The average molecular weight is 221 g/mol. The van der Waals surface area contributed by atoms with E-state index in [9.17, 15) is 0 Å². The molecule has 1 aromatic rings. The average Bonchev–Trinajstić information content (AvgIpc) is 2.70. The molecule has 90 valence electrons. The van der Waals surface area contributed by atoms with Gasteiger partial charge in [0.15, 0.2) is 0 Å². The van der Waals surface area contributed by atoms with Crippen molar-refractivity contribution in [3.8, 4) is 0 Å². The zero-order chi connectivity index (χ0) is 11.7. The summed E-state index contributed by atoms with van der Waals surface area (Å²) in [7, 11) is 0. The molecule has 1 aliphatic rings. The van der Waals surface area contributed by atoms with Crippen LogP contribution in [0.2, 0.25) is 0 Å². The van der Waals surface area contributed by atoms with Crippen LogP contribution < -0.4 is 5.73 Å². The Morgan fingerprint density at radius 2 is 2.19 bits per heavy atom. The summed E-state index contributed by atoms with van der Waals surface area (Å²) in [5.74, 6) is 2.43. The van der Waals surface area contributed by atoms with Gasteiger partial charge in [-0.25, -0.2) is 4.98 Å². The first-order valence-corrected chi connectivity index (χ1v) is 6.38.